The molecule has 0 aliphatic heterocycles. The van der Waals surface area contributed by atoms with Gasteiger partial charge in [0, 0.05) is 11.1 Å². The second kappa shape index (κ2) is 13.0. The Morgan fingerprint density at radius 3 is 1.22 bits per heavy atom. The Morgan fingerprint density at radius 2 is 0.913 bits per heavy atom. The van der Waals surface area contributed by atoms with Crippen molar-refractivity contribution < 1.29 is 18.9 Å². The molecule has 46 heavy (non-hydrogen) atoms. The van der Waals surface area contributed by atoms with E-state index in [2.05, 4.69) is 12.1 Å². The van der Waals surface area contributed by atoms with Crippen LogP contribution in [0.3, 0.4) is 0 Å². The molecule has 0 atom stereocenters. The second-order valence-electron chi connectivity index (χ2n) is 14.5. The number of hydrogen-bond acceptors (Lipinski definition) is 8. The van der Waals surface area contributed by atoms with Crippen LogP contribution in [-0.2, 0) is 10.8 Å². The van der Waals surface area contributed by atoms with Crippen LogP contribution in [0.25, 0.3) is 0 Å². The molecule has 0 heterocycles. The molecule has 0 spiro atoms. The molecule has 4 saturated carbocycles. The number of rotatable bonds is 9. The third kappa shape index (κ3) is 5.91. The smallest absolute Gasteiger partial charge is 0.161 e. The lowest BCUT2D eigenvalue weighted by Gasteiger charge is -2.55. The molecule has 0 aromatic heterocycles. The highest BCUT2D eigenvalue weighted by molar-refractivity contribution is 5.49. The first-order chi connectivity index (χ1) is 22.2. The molecule has 4 aliphatic rings. The van der Waals surface area contributed by atoms with Crippen LogP contribution >= 0.6 is 0 Å². The molecule has 0 bridgehead atoms. The van der Waals surface area contributed by atoms with Crippen molar-refractivity contribution in [2.75, 3.05) is 14.2 Å². The first kappa shape index (κ1) is 32.5. The van der Waals surface area contributed by atoms with Gasteiger partial charge in [0.15, 0.2) is 23.0 Å². The minimum atomic E-state index is -0.664. The largest absolute Gasteiger partial charge is 0.493 e. The first-order valence-corrected chi connectivity index (χ1v) is 17.3. The number of nitrogens with two attached hydrogens (primary N) is 2. The van der Waals surface area contributed by atoms with Crippen LogP contribution in [0.5, 0.6) is 23.0 Å². The van der Waals surface area contributed by atoms with Crippen LogP contribution in [0.4, 0.5) is 0 Å². The zero-order valence-electron chi connectivity index (χ0n) is 27.6. The maximum Gasteiger partial charge on any atom is 0.161 e. The van der Waals surface area contributed by atoms with Crippen molar-refractivity contribution in [3.8, 4) is 35.1 Å². The third-order valence-corrected chi connectivity index (χ3v) is 12.0. The van der Waals surface area contributed by atoms with Crippen LogP contribution in [0.2, 0.25) is 0 Å². The lowest BCUT2D eigenvalue weighted by atomic mass is 9.54. The van der Waals surface area contributed by atoms with Gasteiger partial charge in [-0.3, -0.25) is 0 Å². The predicted octanol–water partition coefficient (Wildman–Crippen LogP) is 7.11. The van der Waals surface area contributed by atoms with Gasteiger partial charge in [-0.2, -0.15) is 10.5 Å². The van der Waals surface area contributed by atoms with Crippen molar-refractivity contribution in [1.82, 2.24) is 0 Å². The van der Waals surface area contributed by atoms with Crippen LogP contribution < -0.4 is 30.4 Å². The molecule has 4 fully saturated rings. The number of nitrogens with zero attached hydrogens (tertiary/aromatic N) is 2. The summed E-state index contributed by atoms with van der Waals surface area (Å²) in [7, 11) is 3.31. The molecule has 0 unspecified atom stereocenters. The van der Waals surface area contributed by atoms with E-state index < -0.39 is 21.9 Å². The maximum atomic E-state index is 10.6. The maximum absolute atomic E-state index is 10.6. The average molecular weight is 627 g/mol. The van der Waals surface area contributed by atoms with E-state index in [9.17, 15) is 10.5 Å². The number of ether oxygens (including phenoxy) is 4. The van der Waals surface area contributed by atoms with Gasteiger partial charge in [-0.05, 0) is 138 Å². The molecule has 2 aromatic rings. The molecule has 8 heteroatoms. The van der Waals surface area contributed by atoms with E-state index in [1.807, 2.05) is 36.4 Å². The van der Waals surface area contributed by atoms with Crippen molar-refractivity contribution in [2.45, 2.75) is 137 Å². The summed E-state index contributed by atoms with van der Waals surface area (Å²) in [6.45, 7) is 0. The molecule has 4 N–H and O–H groups in total. The number of nitriles is 2. The predicted molar refractivity (Wildman–Crippen MR) is 177 cm³/mol. The lowest BCUT2D eigenvalue weighted by Crippen LogP contribution is -2.69. The number of benzene rings is 2. The van der Waals surface area contributed by atoms with Gasteiger partial charge >= 0.3 is 0 Å². The molecule has 4 aliphatic carbocycles. The van der Waals surface area contributed by atoms with E-state index in [4.69, 9.17) is 30.4 Å². The summed E-state index contributed by atoms with van der Waals surface area (Å²) in [5.74, 6) is 2.84. The van der Waals surface area contributed by atoms with Gasteiger partial charge in [0.1, 0.15) is 0 Å². The molecule has 246 valence electrons. The Kier molecular flexibility index (Phi) is 9.16. The Bertz CT molecular complexity index is 1350. The highest BCUT2D eigenvalue weighted by atomic mass is 16.5. The van der Waals surface area contributed by atoms with Crippen LogP contribution in [0.15, 0.2) is 36.4 Å². The van der Waals surface area contributed by atoms with E-state index in [1.54, 1.807) is 14.2 Å². The van der Waals surface area contributed by atoms with Gasteiger partial charge in [0.25, 0.3) is 0 Å². The summed E-state index contributed by atoms with van der Waals surface area (Å²) in [4.78, 5) is 0. The quantitative estimate of drug-likeness (QED) is 0.300. The number of hydrogen-bond donors (Lipinski definition) is 2. The van der Waals surface area contributed by atoms with E-state index in [-0.39, 0.29) is 12.2 Å². The third-order valence-electron chi connectivity index (χ3n) is 12.0. The fraction of sp³-hybridized carbons (Fsp3) is 0.632. The molecular formula is C38H50N4O4. The van der Waals surface area contributed by atoms with Crippen molar-refractivity contribution >= 4 is 0 Å². The molecule has 0 radical (unpaired) electrons. The average Bonchev–Trinajstić information content (AvgIpc) is 3.81. The normalized spacial score (nSPS) is 32.0. The summed E-state index contributed by atoms with van der Waals surface area (Å²) in [6.07, 6.45) is 14.4. The molecule has 2 aromatic carbocycles. The molecule has 6 rings (SSSR count). The summed E-state index contributed by atoms with van der Waals surface area (Å²) >= 11 is 0. The number of methoxy groups -OCH3 is 2. The first-order valence-electron chi connectivity index (χ1n) is 17.3. The van der Waals surface area contributed by atoms with Crippen molar-refractivity contribution in [2.24, 2.45) is 11.5 Å². The van der Waals surface area contributed by atoms with Gasteiger partial charge in [-0.15, -0.1) is 0 Å². The van der Waals surface area contributed by atoms with E-state index in [0.717, 1.165) is 48.3 Å². The highest BCUT2D eigenvalue weighted by Crippen LogP contribution is 2.53. The van der Waals surface area contributed by atoms with Crippen molar-refractivity contribution in [1.29, 1.82) is 10.5 Å². The molecule has 0 saturated heterocycles. The van der Waals surface area contributed by atoms with Gasteiger partial charge in [0.05, 0.1) is 49.4 Å². The van der Waals surface area contributed by atoms with Gasteiger partial charge in [0.2, 0.25) is 0 Å². The zero-order valence-corrected chi connectivity index (χ0v) is 27.6. The van der Waals surface area contributed by atoms with Crippen LogP contribution in [0, 0.1) is 22.7 Å². The van der Waals surface area contributed by atoms with Crippen LogP contribution in [-0.4, -0.2) is 37.5 Å². The monoisotopic (exact) mass is 626 g/mol. The Labute approximate surface area is 274 Å². The SMILES string of the molecule is COc1ccc(C2(C#N)CCC(N)(C3(N)CCC(C#N)(c4ccc(OC)c(OC5CCCC5)c4)CC3)CC2)cc1OC1CCCC1. The van der Waals surface area contributed by atoms with Crippen molar-refractivity contribution in [3.05, 3.63) is 47.5 Å². The Hall–Kier alpha value is -3.46. The molecule has 0 amide bonds. The highest BCUT2D eigenvalue weighted by Gasteiger charge is 2.55. The van der Waals surface area contributed by atoms with E-state index >= 15 is 0 Å². The Balaban J connectivity index is 1.17. The van der Waals surface area contributed by atoms with Gasteiger partial charge in [-0.25, -0.2) is 0 Å². The van der Waals surface area contributed by atoms with Crippen LogP contribution in [0.1, 0.15) is 114 Å². The Morgan fingerprint density at radius 1 is 0.565 bits per heavy atom. The zero-order chi connectivity index (χ0) is 32.4. The van der Waals surface area contributed by atoms with Gasteiger partial charge in [-0.1, -0.05) is 12.1 Å². The van der Waals surface area contributed by atoms with E-state index in [1.165, 1.54) is 25.7 Å². The second-order valence-corrected chi connectivity index (χ2v) is 14.5. The standard InChI is InChI=1S/C38H50N4O4/c1-43-31-13-11-27(23-33(31)45-29-7-3-4-8-29)35(25-39)15-19-37(41,20-16-35)38(42)21-17-36(26-40,18-22-38)28-12-14-32(44-2)34(24-28)46-30-9-5-6-10-30/h11-14,23-24,29-30H,3-10,15-22,41-42H2,1-2H3. The fourth-order valence-corrected chi connectivity index (χ4v) is 8.68. The van der Waals surface area contributed by atoms with E-state index in [0.29, 0.717) is 62.9 Å². The minimum absolute atomic E-state index is 0.193. The summed E-state index contributed by atoms with van der Waals surface area (Å²) in [5.41, 5.74) is 13.8. The summed E-state index contributed by atoms with van der Waals surface area (Å²) in [6, 6.07) is 17.3. The minimum Gasteiger partial charge on any atom is -0.493 e. The lowest BCUT2D eigenvalue weighted by molar-refractivity contribution is 0.0845. The van der Waals surface area contributed by atoms with Crippen molar-refractivity contribution in [3.63, 3.8) is 0 Å². The fourth-order valence-electron chi connectivity index (χ4n) is 8.68. The molecular weight excluding hydrogens is 576 g/mol. The summed E-state index contributed by atoms with van der Waals surface area (Å²) < 4.78 is 24.0. The topological polar surface area (TPSA) is 137 Å². The van der Waals surface area contributed by atoms with Gasteiger partial charge < -0.3 is 30.4 Å². The summed E-state index contributed by atoms with van der Waals surface area (Å²) in [5, 5.41) is 21.1. The molecule has 8 nitrogen and oxygen atoms in total.